The molecular weight excluding hydrogens is 294 g/mol. The van der Waals surface area contributed by atoms with Gasteiger partial charge in [-0.05, 0) is 56.9 Å². The van der Waals surface area contributed by atoms with Crippen molar-refractivity contribution in [2.24, 2.45) is 0 Å². The second-order valence-corrected chi connectivity index (χ2v) is 6.00. The Labute approximate surface area is 136 Å². The third-order valence-electron chi connectivity index (χ3n) is 4.28. The number of hydrogen-bond acceptors (Lipinski definition) is 5. The molecule has 0 aliphatic heterocycles. The van der Waals surface area contributed by atoms with Gasteiger partial charge in [0.05, 0.1) is 25.9 Å². The second-order valence-electron chi connectivity index (χ2n) is 6.00. The Morgan fingerprint density at radius 2 is 2.04 bits per heavy atom. The Balaban J connectivity index is 1.65. The summed E-state index contributed by atoms with van der Waals surface area (Å²) >= 11 is 0. The predicted molar refractivity (Wildman–Crippen MR) is 86.3 cm³/mol. The minimum Gasteiger partial charge on any atom is -0.497 e. The van der Waals surface area contributed by atoms with Crippen molar-refractivity contribution < 1.29 is 19.0 Å². The van der Waals surface area contributed by atoms with Crippen molar-refractivity contribution >= 4 is 0 Å². The number of methoxy groups -OCH3 is 1. The van der Waals surface area contributed by atoms with Crippen molar-refractivity contribution in [2.75, 3.05) is 7.11 Å². The van der Waals surface area contributed by atoms with Crippen LogP contribution in [-0.2, 0) is 11.3 Å². The number of aliphatic hydroxyl groups excluding tert-OH is 1. The lowest BCUT2D eigenvalue weighted by molar-refractivity contribution is -0.0240. The number of nitrogens with zero attached hydrogens (tertiary/aromatic N) is 1. The van der Waals surface area contributed by atoms with Crippen molar-refractivity contribution in [3.8, 4) is 17.2 Å². The molecule has 124 valence electrons. The van der Waals surface area contributed by atoms with Crippen LogP contribution in [0.25, 0.3) is 11.5 Å². The number of benzene rings is 1. The highest BCUT2D eigenvalue weighted by atomic mass is 16.5. The molecule has 0 spiro atoms. The molecule has 2 aromatic rings. The number of aliphatic hydroxyl groups is 1. The van der Waals surface area contributed by atoms with E-state index in [0.29, 0.717) is 18.9 Å². The Bertz CT molecular complexity index is 635. The first-order valence-corrected chi connectivity index (χ1v) is 8.06. The third kappa shape index (κ3) is 3.92. The molecule has 5 nitrogen and oxygen atoms in total. The first-order chi connectivity index (χ1) is 11.2. The van der Waals surface area contributed by atoms with Gasteiger partial charge in [0.1, 0.15) is 17.2 Å². The Kier molecular flexibility index (Phi) is 4.98. The normalized spacial score (nSPS) is 21.3. The SMILES string of the molecule is COc1ccc(-c2nc(COC3CCCC(O)C3)c(C)o2)cc1. The largest absolute Gasteiger partial charge is 0.497 e. The number of rotatable bonds is 5. The summed E-state index contributed by atoms with van der Waals surface area (Å²) in [7, 11) is 1.64. The van der Waals surface area contributed by atoms with E-state index in [1.807, 2.05) is 31.2 Å². The van der Waals surface area contributed by atoms with Crippen LogP contribution >= 0.6 is 0 Å². The molecule has 2 atom stereocenters. The van der Waals surface area contributed by atoms with Gasteiger partial charge in [-0.2, -0.15) is 0 Å². The maximum absolute atomic E-state index is 9.70. The summed E-state index contributed by atoms with van der Waals surface area (Å²) in [4.78, 5) is 4.54. The number of aryl methyl sites for hydroxylation is 1. The molecule has 1 heterocycles. The first kappa shape index (κ1) is 16.0. The molecule has 0 amide bonds. The van der Waals surface area contributed by atoms with E-state index < -0.39 is 0 Å². The molecular formula is C18H23NO4. The standard InChI is InChI=1S/C18H23NO4/c1-12-17(11-22-16-5-3-4-14(20)10-16)19-18(23-12)13-6-8-15(21-2)9-7-13/h6-9,14,16,20H,3-5,10-11H2,1-2H3. The van der Waals surface area contributed by atoms with Crippen LogP contribution in [0.1, 0.15) is 37.1 Å². The summed E-state index contributed by atoms with van der Waals surface area (Å²) in [5.74, 6) is 2.16. The molecule has 0 radical (unpaired) electrons. The van der Waals surface area contributed by atoms with Crippen molar-refractivity contribution in [3.05, 3.63) is 35.7 Å². The van der Waals surface area contributed by atoms with Gasteiger partial charge in [0, 0.05) is 5.56 Å². The maximum atomic E-state index is 9.70. The molecule has 2 unspecified atom stereocenters. The fourth-order valence-corrected chi connectivity index (χ4v) is 2.89. The monoisotopic (exact) mass is 317 g/mol. The highest BCUT2D eigenvalue weighted by Gasteiger charge is 2.21. The van der Waals surface area contributed by atoms with E-state index >= 15 is 0 Å². The summed E-state index contributed by atoms with van der Waals surface area (Å²) < 4.78 is 16.8. The molecule has 0 saturated heterocycles. The molecule has 1 saturated carbocycles. The van der Waals surface area contributed by atoms with Crippen molar-refractivity contribution in [2.45, 2.75) is 51.4 Å². The molecule has 1 fully saturated rings. The van der Waals surface area contributed by atoms with Crippen LogP contribution < -0.4 is 4.74 Å². The fraction of sp³-hybridized carbons (Fsp3) is 0.500. The van der Waals surface area contributed by atoms with Crippen molar-refractivity contribution in [1.82, 2.24) is 4.98 Å². The van der Waals surface area contributed by atoms with E-state index in [0.717, 1.165) is 42.0 Å². The fourth-order valence-electron chi connectivity index (χ4n) is 2.89. The van der Waals surface area contributed by atoms with E-state index in [4.69, 9.17) is 13.9 Å². The number of aromatic nitrogens is 1. The van der Waals surface area contributed by atoms with Crippen molar-refractivity contribution in [3.63, 3.8) is 0 Å². The number of oxazole rings is 1. The molecule has 23 heavy (non-hydrogen) atoms. The molecule has 1 aliphatic rings. The van der Waals surface area contributed by atoms with Gasteiger partial charge in [-0.3, -0.25) is 0 Å². The lowest BCUT2D eigenvalue weighted by Crippen LogP contribution is -2.25. The third-order valence-corrected chi connectivity index (χ3v) is 4.28. The van der Waals surface area contributed by atoms with E-state index in [1.165, 1.54) is 0 Å². The lowest BCUT2D eigenvalue weighted by Gasteiger charge is -2.25. The summed E-state index contributed by atoms with van der Waals surface area (Å²) in [6.07, 6.45) is 3.48. The van der Waals surface area contributed by atoms with Crippen molar-refractivity contribution in [1.29, 1.82) is 0 Å². The number of ether oxygens (including phenoxy) is 2. The maximum Gasteiger partial charge on any atom is 0.226 e. The van der Waals surface area contributed by atoms with Gasteiger partial charge in [-0.25, -0.2) is 4.98 Å². The molecule has 1 aromatic carbocycles. The summed E-state index contributed by atoms with van der Waals surface area (Å²) in [5.41, 5.74) is 1.73. The zero-order valence-electron chi connectivity index (χ0n) is 13.6. The van der Waals surface area contributed by atoms with Crippen LogP contribution in [0.3, 0.4) is 0 Å². The minimum atomic E-state index is -0.234. The van der Waals surface area contributed by atoms with Gasteiger partial charge >= 0.3 is 0 Å². The average molecular weight is 317 g/mol. The molecule has 1 aliphatic carbocycles. The second kappa shape index (κ2) is 7.15. The van der Waals surface area contributed by atoms with Gasteiger partial charge in [0.25, 0.3) is 0 Å². The van der Waals surface area contributed by atoms with Crippen LogP contribution in [0, 0.1) is 6.92 Å². The zero-order chi connectivity index (χ0) is 16.2. The van der Waals surface area contributed by atoms with Gasteiger partial charge in [-0.15, -0.1) is 0 Å². The summed E-state index contributed by atoms with van der Waals surface area (Å²) in [6.45, 7) is 2.32. The van der Waals surface area contributed by atoms with E-state index in [-0.39, 0.29) is 12.2 Å². The Morgan fingerprint density at radius 3 is 2.74 bits per heavy atom. The summed E-state index contributed by atoms with van der Waals surface area (Å²) in [6, 6.07) is 7.61. The average Bonchev–Trinajstić information content (AvgIpc) is 2.94. The van der Waals surface area contributed by atoms with Crippen LogP contribution in [0.15, 0.2) is 28.7 Å². The minimum absolute atomic E-state index is 0.110. The smallest absolute Gasteiger partial charge is 0.226 e. The Morgan fingerprint density at radius 1 is 1.26 bits per heavy atom. The van der Waals surface area contributed by atoms with Crippen LogP contribution in [-0.4, -0.2) is 29.4 Å². The molecule has 1 aromatic heterocycles. The summed E-state index contributed by atoms with van der Waals surface area (Å²) in [5, 5.41) is 9.70. The van der Waals surface area contributed by atoms with Gasteiger partial charge in [0.2, 0.25) is 5.89 Å². The quantitative estimate of drug-likeness (QED) is 0.914. The van der Waals surface area contributed by atoms with Gasteiger partial charge in [0.15, 0.2) is 0 Å². The lowest BCUT2D eigenvalue weighted by atomic mass is 9.95. The predicted octanol–water partition coefficient (Wildman–Crippen LogP) is 3.48. The zero-order valence-corrected chi connectivity index (χ0v) is 13.6. The van der Waals surface area contributed by atoms with E-state index in [1.54, 1.807) is 7.11 Å². The molecule has 5 heteroatoms. The van der Waals surface area contributed by atoms with E-state index in [9.17, 15) is 5.11 Å². The highest BCUT2D eigenvalue weighted by Crippen LogP contribution is 2.26. The first-order valence-electron chi connectivity index (χ1n) is 8.06. The highest BCUT2D eigenvalue weighted by molar-refractivity contribution is 5.55. The topological polar surface area (TPSA) is 64.7 Å². The number of hydrogen-bond donors (Lipinski definition) is 1. The van der Waals surface area contributed by atoms with E-state index in [2.05, 4.69) is 4.98 Å². The Hall–Kier alpha value is -1.85. The van der Waals surface area contributed by atoms with Gasteiger partial charge < -0.3 is 19.0 Å². The molecule has 1 N–H and O–H groups in total. The van der Waals surface area contributed by atoms with Crippen LogP contribution in [0.4, 0.5) is 0 Å². The van der Waals surface area contributed by atoms with Crippen LogP contribution in [0.2, 0.25) is 0 Å². The molecule has 3 rings (SSSR count). The van der Waals surface area contributed by atoms with Crippen LogP contribution in [0.5, 0.6) is 5.75 Å². The van der Waals surface area contributed by atoms with Gasteiger partial charge in [-0.1, -0.05) is 0 Å². The molecule has 0 bridgehead atoms.